The van der Waals surface area contributed by atoms with Crippen LogP contribution in [0, 0.1) is 13.8 Å². The molecule has 0 radical (unpaired) electrons. The van der Waals surface area contributed by atoms with Gasteiger partial charge in [-0.3, -0.25) is 4.40 Å². The normalized spacial score (nSPS) is 16.0. The van der Waals surface area contributed by atoms with E-state index < -0.39 is 0 Å². The zero-order chi connectivity index (χ0) is 23.3. The van der Waals surface area contributed by atoms with Crippen molar-refractivity contribution in [3.05, 3.63) is 47.4 Å². The molecule has 1 saturated heterocycles. The fourth-order valence-electron chi connectivity index (χ4n) is 5.24. The minimum Gasteiger partial charge on any atom is -0.490 e. The molecule has 174 valence electrons. The van der Waals surface area contributed by atoms with E-state index in [1.54, 1.807) is 6.33 Å². The first-order valence-corrected chi connectivity index (χ1v) is 12.2. The van der Waals surface area contributed by atoms with E-state index in [0.29, 0.717) is 18.1 Å². The van der Waals surface area contributed by atoms with Gasteiger partial charge in [0, 0.05) is 41.8 Å². The Morgan fingerprint density at radius 2 is 1.82 bits per heavy atom. The van der Waals surface area contributed by atoms with Crippen LogP contribution in [0.2, 0.25) is 0 Å². The summed E-state index contributed by atoms with van der Waals surface area (Å²) in [4.78, 5) is 6.26. The zero-order valence-corrected chi connectivity index (χ0v) is 20.6. The van der Waals surface area contributed by atoms with Gasteiger partial charge < -0.3 is 14.6 Å². The Bertz CT molecular complexity index is 1290. The number of hydrogen-bond acceptors (Lipinski definition) is 4. The van der Waals surface area contributed by atoms with E-state index in [9.17, 15) is 0 Å². The van der Waals surface area contributed by atoms with Gasteiger partial charge >= 0.3 is 0 Å². The molecule has 1 N–H and O–H groups in total. The molecule has 0 atom stereocenters. The molecule has 1 aromatic carbocycles. The van der Waals surface area contributed by atoms with Gasteiger partial charge in [-0.2, -0.15) is 0 Å². The molecule has 0 unspecified atom stereocenters. The van der Waals surface area contributed by atoms with Crippen LogP contribution in [0.25, 0.3) is 27.8 Å². The molecule has 0 aliphatic carbocycles. The minimum absolute atomic E-state index is 0.291. The number of benzene rings is 1. The van der Waals surface area contributed by atoms with Crippen molar-refractivity contribution in [1.82, 2.24) is 24.5 Å². The van der Waals surface area contributed by atoms with E-state index in [-0.39, 0.29) is 0 Å². The van der Waals surface area contributed by atoms with Gasteiger partial charge in [-0.15, -0.1) is 10.2 Å². The lowest BCUT2D eigenvalue weighted by Gasteiger charge is -2.34. The first-order chi connectivity index (χ1) is 15.8. The number of aryl methyl sites for hydroxylation is 1. The lowest BCUT2D eigenvalue weighted by molar-refractivity contribution is 0.0844. The van der Waals surface area contributed by atoms with Crippen molar-refractivity contribution in [2.75, 3.05) is 13.1 Å². The summed E-state index contributed by atoms with van der Waals surface area (Å²) in [5, 5.41) is 9.63. The van der Waals surface area contributed by atoms with Gasteiger partial charge in [0.25, 0.3) is 0 Å². The summed E-state index contributed by atoms with van der Waals surface area (Å²) in [7, 11) is 0. The molecule has 5 rings (SSSR count). The summed E-state index contributed by atoms with van der Waals surface area (Å²) >= 11 is 0. The van der Waals surface area contributed by atoms with E-state index in [1.165, 1.54) is 27.8 Å². The molecule has 6 nitrogen and oxygen atoms in total. The lowest BCUT2D eigenvalue weighted by atomic mass is 9.94. The van der Waals surface area contributed by atoms with Gasteiger partial charge in [0.2, 0.25) is 0 Å². The van der Waals surface area contributed by atoms with Crippen molar-refractivity contribution in [2.24, 2.45) is 0 Å². The maximum absolute atomic E-state index is 6.47. The third-order valence-corrected chi connectivity index (χ3v) is 7.31. The van der Waals surface area contributed by atoms with E-state index in [4.69, 9.17) is 4.74 Å². The second-order valence-electron chi connectivity index (χ2n) is 10.1. The summed E-state index contributed by atoms with van der Waals surface area (Å²) in [5.74, 6) is 1.34. The number of piperidine rings is 1. The molecule has 1 aliphatic heterocycles. The van der Waals surface area contributed by atoms with Crippen LogP contribution in [0.5, 0.6) is 5.75 Å². The quantitative estimate of drug-likeness (QED) is 0.417. The Morgan fingerprint density at radius 1 is 1.06 bits per heavy atom. The monoisotopic (exact) mass is 445 g/mol. The molecule has 0 amide bonds. The van der Waals surface area contributed by atoms with E-state index in [2.05, 4.69) is 86.0 Å². The third-order valence-electron chi connectivity index (χ3n) is 7.31. The van der Waals surface area contributed by atoms with E-state index in [0.717, 1.165) is 48.4 Å². The number of H-pyrrole nitrogens is 1. The first kappa shape index (κ1) is 22.0. The highest BCUT2D eigenvalue weighted by molar-refractivity contribution is 5.93. The van der Waals surface area contributed by atoms with Crippen LogP contribution in [0.15, 0.2) is 30.7 Å². The number of likely N-dealkylation sites (tertiary alicyclic amines) is 1. The zero-order valence-electron chi connectivity index (χ0n) is 20.6. The summed E-state index contributed by atoms with van der Waals surface area (Å²) < 4.78 is 8.49. The first-order valence-electron chi connectivity index (χ1n) is 12.2. The number of ether oxygens (including phenoxy) is 1. The number of aromatic amines is 1. The number of fused-ring (bicyclic) bond motifs is 2. The fraction of sp³-hybridized carbons (Fsp3) is 0.481. The molecule has 3 aromatic heterocycles. The predicted molar refractivity (Wildman–Crippen MR) is 134 cm³/mol. The highest BCUT2D eigenvalue weighted by atomic mass is 16.5. The van der Waals surface area contributed by atoms with E-state index in [1.807, 2.05) is 4.40 Å². The van der Waals surface area contributed by atoms with Crippen LogP contribution in [-0.2, 0) is 0 Å². The van der Waals surface area contributed by atoms with Crippen molar-refractivity contribution >= 4 is 16.6 Å². The summed E-state index contributed by atoms with van der Waals surface area (Å²) in [5.41, 5.74) is 8.17. The summed E-state index contributed by atoms with van der Waals surface area (Å²) in [6.07, 6.45) is 6.39. The maximum Gasteiger partial charge on any atom is 0.163 e. The van der Waals surface area contributed by atoms with Crippen molar-refractivity contribution < 1.29 is 4.74 Å². The smallest absolute Gasteiger partial charge is 0.163 e. The van der Waals surface area contributed by atoms with Crippen molar-refractivity contribution in [3.63, 3.8) is 0 Å². The number of rotatable bonds is 5. The Labute approximate surface area is 196 Å². The molecule has 0 bridgehead atoms. The van der Waals surface area contributed by atoms with Crippen LogP contribution in [0.1, 0.15) is 63.1 Å². The van der Waals surface area contributed by atoms with Crippen molar-refractivity contribution in [2.45, 2.75) is 72.4 Å². The molecule has 0 spiro atoms. The number of aromatic nitrogens is 4. The molecule has 0 saturated carbocycles. The number of hydrogen-bond donors (Lipinski definition) is 1. The molecular formula is C27H35N5O. The highest BCUT2D eigenvalue weighted by Crippen LogP contribution is 2.39. The van der Waals surface area contributed by atoms with Gasteiger partial charge in [-0.1, -0.05) is 13.8 Å². The lowest BCUT2D eigenvalue weighted by Crippen LogP contribution is -2.41. The van der Waals surface area contributed by atoms with Crippen molar-refractivity contribution in [3.8, 4) is 17.0 Å². The molecule has 33 heavy (non-hydrogen) atoms. The average molecular weight is 446 g/mol. The topological polar surface area (TPSA) is 58.5 Å². The van der Waals surface area contributed by atoms with Crippen LogP contribution in [-0.4, -0.2) is 49.7 Å². The van der Waals surface area contributed by atoms with E-state index >= 15 is 0 Å². The molecule has 1 fully saturated rings. The summed E-state index contributed by atoms with van der Waals surface area (Å²) in [6, 6.07) is 7.13. The molecular weight excluding hydrogens is 410 g/mol. The largest absolute Gasteiger partial charge is 0.490 e. The number of nitrogens with one attached hydrogen (secondary N) is 1. The second-order valence-corrected chi connectivity index (χ2v) is 10.1. The standard InChI is InChI=1S/C27H35N5O/c1-16(2)25-22-13-21(33-20-9-11-31(12-10-20)17(3)4)7-8-24(22)29-26(25)23-14-32-15-28-30-27(32)19(6)18(23)5/h7-8,13-17,20,29H,9-12H2,1-6H3. The molecule has 1 aliphatic rings. The fourth-order valence-corrected chi connectivity index (χ4v) is 5.24. The highest BCUT2D eigenvalue weighted by Gasteiger charge is 2.23. The number of nitrogens with zero attached hydrogens (tertiary/aromatic N) is 4. The third kappa shape index (κ3) is 3.90. The Hall–Kier alpha value is -2.86. The number of pyridine rings is 1. The Balaban J connectivity index is 1.52. The molecule has 4 heterocycles. The van der Waals surface area contributed by atoms with Crippen LogP contribution < -0.4 is 4.74 Å². The van der Waals surface area contributed by atoms with Gasteiger partial charge in [0.05, 0.1) is 5.69 Å². The average Bonchev–Trinajstić information content (AvgIpc) is 3.41. The van der Waals surface area contributed by atoms with Gasteiger partial charge in [0.1, 0.15) is 18.2 Å². The maximum atomic E-state index is 6.47. The predicted octanol–water partition coefficient (Wildman–Crippen LogP) is 5.87. The van der Waals surface area contributed by atoms with Gasteiger partial charge in [-0.25, -0.2) is 0 Å². The Kier molecular flexibility index (Phi) is 5.65. The van der Waals surface area contributed by atoms with Gasteiger partial charge in [0.15, 0.2) is 5.65 Å². The van der Waals surface area contributed by atoms with Crippen LogP contribution in [0.3, 0.4) is 0 Å². The van der Waals surface area contributed by atoms with Crippen LogP contribution in [0.4, 0.5) is 0 Å². The minimum atomic E-state index is 0.291. The van der Waals surface area contributed by atoms with Crippen molar-refractivity contribution in [1.29, 1.82) is 0 Å². The Morgan fingerprint density at radius 3 is 2.52 bits per heavy atom. The van der Waals surface area contributed by atoms with Gasteiger partial charge in [-0.05, 0) is 81.3 Å². The SMILES string of the molecule is Cc1c(-c2[nH]c3ccc(OC4CCN(C(C)C)CC4)cc3c2C(C)C)cn2cnnc2c1C. The molecule has 6 heteroatoms. The summed E-state index contributed by atoms with van der Waals surface area (Å²) in [6.45, 7) is 15.6. The second kappa shape index (κ2) is 8.49. The van der Waals surface area contributed by atoms with Crippen LogP contribution >= 0.6 is 0 Å². The molecule has 4 aromatic rings.